The maximum Gasteiger partial charge on any atom is 0.270 e. The first-order valence-corrected chi connectivity index (χ1v) is 8.87. The van der Waals surface area contributed by atoms with Crippen molar-refractivity contribution in [1.82, 2.24) is 15.0 Å². The van der Waals surface area contributed by atoms with Crippen LogP contribution in [0.15, 0.2) is 53.1 Å². The van der Waals surface area contributed by atoms with E-state index in [1.165, 1.54) is 29.2 Å². The largest absolute Gasteiger partial charge is 0.337 e. The molecule has 0 aliphatic rings. The topological polar surface area (TPSA) is 102 Å². The van der Waals surface area contributed by atoms with Crippen LogP contribution in [0.1, 0.15) is 30.1 Å². The Morgan fingerprint density at radius 2 is 1.96 bits per heavy atom. The van der Waals surface area contributed by atoms with Crippen LogP contribution in [0.5, 0.6) is 0 Å². The summed E-state index contributed by atoms with van der Waals surface area (Å²) >= 11 is 5.88. The molecule has 0 fully saturated rings. The normalized spacial score (nSPS) is 10.9. The molecule has 1 amide bonds. The van der Waals surface area contributed by atoms with E-state index in [1.54, 1.807) is 24.3 Å². The first-order chi connectivity index (χ1) is 13.3. The van der Waals surface area contributed by atoms with E-state index in [2.05, 4.69) is 10.1 Å². The molecule has 0 N–H and O–H groups in total. The van der Waals surface area contributed by atoms with Gasteiger partial charge in [-0.2, -0.15) is 4.98 Å². The monoisotopic (exact) mass is 400 g/mol. The second-order valence-corrected chi connectivity index (χ2v) is 6.79. The van der Waals surface area contributed by atoms with Crippen LogP contribution in [0.4, 0.5) is 5.69 Å². The molecule has 0 radical (unpaired) electrons. The van der Waals surface area contributed by atoms with Gasteiger partial charge in [-0.15, -0.1) is 0 Å². The number of non-ortho nitro benzene ring substituents is 1. The standard InChI is InChI=1S/C19H17ClN4O4/c1-12(2)23(19(25)14-4-3-5-16(10-14)24(26)27)11-17-21-18(22-28-17)13-6-8-15(20)9-7-13/h3-10,12H,11H2,1-2H3. The van der Waals surface area contributed by atoms with E-state index in [9.17, 15) is 14.9 Å². The van der Waals surface area contributed by atoms with Gasteiger partial charge in [0.15, 0.2) is 0 Å². The Kier molecular flexibility index (Phi) is 5.70. The van der Waals surface area contributed by atoms with Gasteiger partial charge in [-0.25, -0.2) is 0 Å². The molecule has 3 rings (SSSR count). The Labute approximate surface area is 165 Å². The molecule has 28 heavy (non-hydrogen) atoms. The van der Waals surface area contributed by atoms with Gasteiger partial charge in [-0.05, 0) is 44.2 Å². The minimum Gasteiger partial charge on any atom is -0.337 e. The molecule has 144 valence electrons. The summed E-state index contributed by atoms with van der Waals surface area (Å²) < 4.78 is 5.28. The van der Waals surface area contributed by atoms with E-state index in [-0.39, 0.29) is 35.6 Å². The van der Waals surface area contributed by atoms with Crippen molar-refractivity contribution in [2.75, 3.05) is 0 Å². The molecule has 0 aliphatic carbocycles. The number of rotatable bonds is 6. The van der Waals surface area contributed by atoms with Crippen LogP contribution < -0.4 is 0 Å². The Hall–Kier alpha value is -3.26. The summed E-state index contributed by atoms with van der Waals surface area (Å²) in [5.74, 6) is 0.292. The number of benzene rings is 2. The highest BCUT2D eigenvalue weighted by Crippen LogP contribution is 2.21. The van der Waals surface area contributed by atoms with Gasteiger partial charge in [-0.3, -0.25) is 14.9 Å². The number of amides is 1. The van der Waals surface area contributed by atoms with Gasteiger partial charge in [-0.1, -0.05) is 22.8 Å². The highest BCUT2D eigenvalue weighted by molar-refractivity contribution is 6.30. The van der Waals surface area contributed by atoms with Crippen LogP contribution >= 0.6 is 11.6 Å². The maximum atomic E-state index is 12.9. The summed E-state index contributed by atoms with van der Waals surface area (Å²) in [6.07, 6.45) is 0. The lowest BCUT2D eigenvalue weighted by Crippen LogP contribution is -2.36. The van der Waals surface area contributed by atoms with Crippen molar-refractivity contribution in [3.8, 4) is 11.4 Å². The molecule has 1 aromatic heterocycles. The Bertz CT molecular complexity index is 1000. The number of nitrogens with zero attached hydrogens (tertiary/aromatic N) is 4. The van der Waals surface area contributed by atoms with Crippen LogP contribution in [0.2, 0.25) is 5.02 Å². The third kappa shape index (κ3) is 4.34. The van der Waals surface area contributed by atoms with E-state index >= 15 is 0 Å². The van der Waals surface area contributed by atoms with Crippen molar-refractivity contribution in [3.05, 3.63) is 75.1 Å². The lowest BCUT2D eigenvalue weighted by atomic mass is 10.1. The zero-order valence-corrected chi connectivity index (χ0v) is 16.0. The van der Waals surface area contributed by atoms with Crippen LogP contribution in [0.25, 0.3) is 11.4 Å². The lowest BCUT2D eigenvalue weighted by molar-refractivity contribution is -0.384. The minimum absolute atomic E-state index is 0.0831. The highest BCUT2D eigenvalue weighted by atomic mass is 35.5. The summed E-state index contributed by atoms with van der Waals surface area (Å²) in [4.78, 5) is 29.2. The zero-order chi connectivity index (χ0) is 20.3. The number of hydrogen-bond donors (Lipinski definition) is 0. The van der Waals surface area contributed by atoms with Gasteiger partial charge in [0.25, 0.3) is 11.6 Å². The first kappa shape index (κ1) is 19.5. The van der Waals surface area contributed by atoms with E-state index < -0.39 is 4.92 Å². The fourth-order valence-corrected chi connectivity index (χ4v) is 2.71. The number of nitro groups is 1. The molecule has 3 aromatic rings. The van der Waals surface area contributed by atoms with Crippen molar-refractivity contribution < 1.29 is 14.2 Å². The number of hydrogen-bond acceptors (Lipinski definition) is 6. The van der Waals surface area contributed by atoms with Crippen LogP contribution in [0.3, 0.4) is 0 Å². The number of carbonyl (C=O) groups excluding carboxylic acids is 1. The molecule has 0 unspecified atom stereocenters. The van der Waals surface area contributed by atoms with Gasteiger partial charge < -0.3 is 9.42 Å². The Morgan fingerprint density at radius 3 is 2.61 bits per heavy atom. The van der Waals surface area contributed by atoms with Crippen molar-refractivity contribution in [2.24, 2.45) is 0 Å². The molecule has 0 aliphatic heterocycles. The molecule has 0 atom stereocenters. The fourth-order valence-electron chi connectivity index (χ4n) is 2.59. The minimum atomic E-state index is -0.535. The second-order valence-electron chi connectivity index (χ2n) is 6.35. The molecule has 0 spiro atoms. The van der Waals surface area contributed by atoms with E-state index in [0.717, 1.165) is 5.56 Å². The van der Waals surface area contributed by atoms with Crippen molar-refractivity contribution in [1.29, 1.82) is 0 Å². The lowest BCUT2D eigenvalue weighted by Gasteiger charge is -2.25. The summed E-state index contributed by atoms with van der Waals surface area (Å²) in [6.45, 7) is 3.76. The summed E-state index contributed by atoms with van der Waals surface area (Å²) in [5, 5.41) is 15.5. The molecule has 9 heteroatoms. The van der Waals surface area contributed by atoms with E-state index in [4.69, 9.17) is 16.1 Å². The van der Waals surface area contributed by atoms with Crippen LogP contribution in [-0.4, -0.2) is 31.9 Å². The third-order valence-corrected chi connectivity index (χ3v) is 4.32. The molecule has 8 nitrogen and oxygen atoms in total. The third-order valence-electron chi connectivity index (χ3n) is 4.06. The number of halogens is 1. The van der Waals surface area contributed by atoms with Gasteiger partial charge in [0.1, 0.15) is 6.54 Å². The zero-order valence-electron chi connectivity index (χ0n) is 15.2. The maximum absolute atomic E-state index is 12.9. The van der Waals surface area contributed by atoms with E-state index in [0.29, 0.717) is 10.8 Å². The summed E-state index contributed by atoms with van der Waals surface area (Å²) in [6, 6.07) is 12.4. The van der Waals surface area contributed by atoms with Gasteiger partial charge in [0, 0.05) is 34.3 Å². The predicted octanol–water partition coefficient (Wildman–Crippen LogP) is 4.35. The highest BCUT2D eigenvalue weighted by Gasteiger charge is 2.23. The molecule has 0 saturated carbocycles. The van der Waals surface area contributed by atoms with Crippen molar-refractivity contribution in [3.63, 3.8) is 0 Å². The molecule has 0 bridgehead atoms. The quantitative estimate of drug-likeness (QED) is 0.450. The molecule has 0 saturated heterocycles. The smallest absolute Gasteiger partial charge is 0.270 e. The average molecular weight is 401 g/mol. The Balaban J connectivity index is 1.82. The molecular formula is C19H17ClN4O4. The number of nitro benzene ring substituents is 1. The van der Waals surface area contributed by atoms with E-state index in [1.807, 2.05) is 13.8 Å². The average Bonchev–Trinajstić information content (AvgIpc) is 3.14. The summed E-state index contributed by atoms with van der Waals surface area (Å²) in [7, 11) is 0. The van der Waals surface area contributed by atoms with Gasteiger partial charge in [0.2, 0.25) is 11.7 Å². The van der Waals surface area contributed by atoms with Gasteiger partial charge >= 0.3 is 0 Å². The van der Waals surface area contributed by atoms with Crippen LogP contribution in [-0.2, 0) is 6.54 Å². The first-order valence-electron chi connectivity index (χ1n) is 8.49. The predicted molar refractivity (Wildman–Crippen MR) is 103 cm³/mol. The van der Waals surface area contributed by atoms with Crippen molar-refractivity contribution >= 4 is 23.2 Å². The van der Waals surface area contributed by atoms with Crippen molar-refractivity contribution in [2.45, 2.75) is 26.4 Å². The Morgan fingerprint density at radius 1 is 1.25 bits per heavy atom. The SMILES string of the molecule is CC(C)N(Cc1nc(-c2ccc(Cl)cc2)no1)C(=O)c1cccc([N+](=O)[O-])c1. The second kappa shape index (κ2) is 8.18. The molecule has 2 aromatic carbocycles. The summed E-state index contributed by atoms with van der Waals surface area (Å²) in [5.41, 5.74) is 0.818. The fraction of sp³-hybridized carbons (Fsp3) is 0.211. The molecular weight excluding hydrogens is 384 g/mol. The number of aromatic nitrogens is 2. The molecule has 1 heterocycles. The van der Waals surface area contributed by atoms with Crippen LogP contribution in [0, 0.1) is 10.1 Å². The number of carbonyl (C=O) groups is 1. The van der Waals surface area contributed by atoms with Gasteiger partial charge in [0.05, 0.1) is 4.92 Å².